The quantitative estimate of drug-likeness (QED) is 0.456. The predicted octanol–water partition coefficient (Wildman–Crippen LogP) is 1.10. The van der Waals surface area contributed by atoms with Crippen LogP contribution in [0.3, 0.4) is 0 Å². The number of rotatable bonds is 13. The molecule has 0 fully saturated rings. The Bertz CT molecular complexity index is 522. The number of carbonyl (C=O) groups excluding carboxylic acids is 1. The molecule has 0 aliphatic rings. The first-order valence-corrected chi connectivity index (χ1v) is 8.32. The van der Waals surface area contributed by atoms with E-state index in [4.69, 9.17) is 14.6 Å². The van der Waals surface area contributed by atoms with E-state index in [0.29, 0.717) is 13.2 Å². The Hall–Kier alpha value is -1.96. The zero-order valence-corrected chi connectivity index (χ0v) is 14.7. The van der Waals surface area contributed by atoms with E-state index in [0.717, 1.165) is 5.75 Å². The van der Waals surface area contributed by atoms with Gasteiger partial charge in [0.05, 0.1) is 31.3 Å². The van der Waals surface area contributed by atoms with E-state index in [1.807, 2.05) is 30.3 Å². The van der Waals surface area contributed by atoms with E-state index < -0.39 is 24.0 Å². The van der Waals surface area contributed by atoms with Crippen molar-refractivity contribution in [3.8, 4) is 5.75 Å². The standard InChI is InChI=1S/C18H27NO6/c1-13(18(22)23)10-17(21)14(2)19-11-15(20)12-24-8-9-25-16-6-4-3-5-7-16/h3-7,13-15,19-20H,8-12H2,1-2H3,(H,22,23). The zero-order valence-electron chi connectivity index (χ0n) is 14.7. The molecule has 140 valence electrons. The topological polar surface area (TPSA) is 105 Å². The monoisotopic (exact) mass is 353 g/mol. The van der Waals surface area contributed by atoms with E-state index in [2.05, 4.69) is 5.32 Å². The highest BCUT2D eigenvalue weighted by Crippen LogP contribution is 2.07. The second kappa shape index (κ2) is 11.6. The van der Waals surface area contributed by atoms with Gasteiger partial charge in [0.15, 0.2) is 0 Å². The summed E-state index contributed by atoms with van der Waals surface area (Å²) < 4.78 is 10.8. The predicted molar refractivity (Wildman–Crippen MR) is 92.7 cm³/mol. The maximum atomic E-state index is 11.8. The van der Waals surface area contributed by atoms with Gasteiger partial charge >= 0.3 is 5.97 Å². The highest BCUT2D eigenvalue weighted by atomic mass is 16.5. The summed E-state index contributed by atoms with van der Waals surface area (Å²) in [4.78, 5) is 22.6. The van der Waals surface area contributed by atoms with E-state index >= 15 is 0 Å². The Balaban J connectivity index is 2.10. The fourth-order valence-electron chi connectivity index (χ4n) is 2.01. The molecule has 0 heterocycles. The molecule has 0 amide bonds. The molecule has 0 bridgehead atoms. The van der Waals surface area contributed by atoms with Crippen LogP contribution in [-0.4, -0.2) is 60.5 Å². The fraction of sp³-hybridized carbons (Fsp3) is 0.556. The largest absolute Gasteiger partial charge is 0.491 e. The van der Waals surface area contributed by atoms with Gasteiger partial charge < -0.3 is 25.0 Å². The number of benzene rings is 1. The van der Waals surface area contributed by atoms with Gasteiger partial charge in [-0.25, -0.2) is 0 Å². The lowest BCUT2D eigenvalue weighted by Gasteiger charge is -2.17. The molecule has 0 spiro atoms. The summed E-state index contributed by atoms with van der Waals surface area (Å²) in [5.74, 6) is -1.14. The minimum Gasteiger partial charge on any atom is -0.491 e. The Labute approximate surface area is 147 Å². The third-order valence-corrected chi connectivity index (χ3v) is 3.62. The third-order valence-electron chi connectivity index (χ3n) is 3.62. The first kappa shape index (κ1) is 21.1. The fourth-order valence-corrected chi connectivity index (χ4v) is 2.01. The van der Waals surface area contributed by atoms with Crippen LogP contribution in [-0.2, 0) is 14.3 Å². The van der Waals surface area contributed by atoms with Crippen molar-refractivity contribution in [3.63, 3.8) is 0 Å². The summed E-state index contributed by atoms with van der Waals surface area (Å²) in [6.07, 6.45) is -0.795. The molecule has 25 heavy (non-hydrogen) atoms. The Morgan fingerprint density at radius 1 is 1.16 bits per heavy atom. The van der Waals surface area contributed by atoms with Gasteiger partial charge in [0.2, 0.25) is 0 Å². The number of aliphatic hydroxyl groups excluding tert-OH is 1. The van der Waals surface area contributed by atoms with Crippen molar-refractivity contribution in [2.75, 3.05) is 26.4 Å². The number of carboxylic acid groups (broad SMARTS) is 1. The molecule has 0 aliphatic heterocycles. The summed E-state index contributed by atoms with van der Waals surface area (Å²) in [5, 5.41) is 21.5. The van der Waals surface area contributed by atoms with Crippen LogP contribution >= 0.6 is 0 Å². The first-order chi connectivity index (χ1) is 11.9. The van der Waals surface area contributed by atoms with E-state index in [-0.39, 0.29) is 25.4 Å². The molecular formula is C18H27NO6. The van der Waals surface area contributed by atoms with Gasteiger partial charge in [0, 0.05) is 13.0 Å². The lowest BCUT2D eigenvalue weighted by atomic mass is 10.0. The van der Waals surface area contributed by atoms with Crippen LogP contribution in [0.4, 0.5) is 0 Å². The smallest absolute Gasteiger partial charge is 0.306 e. The molecule has 3 unspecified atom stereocenters. The Kier molecular flexibility index (Phi) is 9.76. The molecule has 0 radical (unpaired) electrons. The van der Waals surface area contributed by atoms with Gasteiger partial charge in [-0.05, 0) is 19.1 Å². The minimum absolute atomic E-state index is 0.0348. The number of aliphatic carboxylic acids is 1. The van der Waals surface area contributed by atoms with Gasteiger partial charge in [0.25, 0.3) is 0 Å². The summed E-state index contributed by atoms with van der Waals surface area (Å²) >= 11 is 0. The number of ether oxygens (including phenoxy) is 2. The molecule has 3 N–H and O–H groups in total. The van der Waals surface area contributed by atoms with Crippen molar-refractivity contribution in [1.82, 2.24) is 5.32 Å². The molecule has 1 aromatic carbocycles. The summed E-state index contributed by atoms with van der Waals surface area (Å²) in [7, 11) is 0. The molecule has 0 saturated carbocycles. The van der Waals surface area contributed by atoms with Crippen molar-refractivity contribution in [3.05, 3.63) is 30.3 Å². The van der Waals surface area contributed by atoms with Crippen LogP contribution in [0.1, 0.15) is 20.3 Å². The van der Waals surface area contributed by atoms with Crippen LogP contribution in [0, 0.1) is 5.92 Å². The molecule has 0 saturated heterocycles. The zero-order chi connectivity index (χ0) is 18.7. The van der Waals surface area contributed by atoms with E-state index in [9.17, 15) is 14.7 Å². The van der Waals surface area contributed by atoms with Crippen molar-refractivity contribution in [2.24, 2.45) is 5.92 Å². The van der Waals surface area contributed by atoms with Crippen molar-refractivity contribution in [1.29, 1.82) is 0 Å². The highest BCUT2D eigenvalue weighted by molar-refractivity contribution is 5.87. The maximum Gasteiger partial charge on any atom is 0.306 e. The van der Waals surface area contributed by atoms with Gasteiger partial charge in [-0.3, -0.25) is 9.59 Å². The first-order valence-electron chi connectivity index (χ1n) is 8.32. The number of para-hydroxylation sites is 1. The Morgan fingerprint density at radius 2 is 1.84 bits per heavy atom. The summed E-state index contributed by atoms with van der Waals surface area (Å²) in [6.45, 7) is 4.18. The van der Waals surface area contributed by atoms with Crippen LogP contribution in [0.25, 0.3) is 0 Å². The average molecular weight is 353 g/mol. The molecule has 7 nitrogen and oxygen atoms in total. The van der Waals surface area contributed by atoms with Crippen LogP contribution < -0.4 is 10.1 Å². The van der Waals surface area contributed by atoms with Crippen LogP contribution in [0.15, 0.2) is 30.3 Å². The molecule has 0 aromatic heterocycles. The lowest BCUT2D eigenvalue weighted by molar-refractivity contribution is -0.143. The third kappa shape index (κ3) is 9.19. The van der Waals surface area contributed by atoms with E-state index in [1.165, 1.54) is 6.92 Å². The summed E-state index contributed by atoms with van der Waals surface area (Å²) in [6, 6.07) is 8.85. The lowest BCUT2D eigenvalue weighted by Crippen LogP contribution is -2.41. The molecule has 3 atom stereocenters. The number of ketones is 1. The number of Topliss-reactive ketones (excluding diaryl/α,β-unsaturated/α-hetero) is 1. The average Bonchev–Trinajstić information content (AvgIpc) is 2.60. The highest BCUT2D eigenvalue weighted by Gasteiger charge is 2.20. The molecular weight excluding hydrogens is 326 g/mol. The maximum absolute atomic E-state index is 11.8. The van der Waals surface area contributed by atoms with Gasteiger partial charge in [0.1, 0.15) is 18.1 Å². The number of carboxylic acids is 1. The van der Waals surface area contributed by atoms with Crippen LogP contribution in [0.2, 0.25) is 0 Å². The number of nitrogens with one attached hydrogen (secondary N) is 1. The second-order valence-corrected chi connectivity index (χ2v) is 5.93. The minimum atomic E-state index is -0.994. The van der Waals surface area contributed by atoms with Gasteiger partial charge in [-0.1, -0.05) is 25.1 Å². The number of hydrogen-bond acceptors (Lipinski definition) is 6. The molecule has 1 aromatic rings. The Morgan fingerprint density at radius 3 is 2.48 bits per heavy atom. The van der Waals surface area contributed by atoms with Crippen molar-refractivity contribution >= 4 is 11.8 Å². The SMILES string of the molecule is CC(CC(=O)C(C)NCC(O)COCCOc1ccccc1)C(=O)O. The summed E-state index contributed by atoms with van der Waals surface area (Å²) in [5.41, 5.74) is 0. The molecule has 0 aliphatic carbocycles. The molecule has 1 rings (SSSR count). The van der Waals surface area contributed by atoms with E-state index in [1.54, 1.807) is 6.92 Å². The van der Waals surface area contributed by atoms with Crippen molar-refractivity contribution < 1.29 is 29.3 Å². The number of hydrogen-bond donors (Lipinski definition) is 3. The number of aliphatic hydroxyl groups is 1. The normalized spacial score (nSPS) is 14.5. The van der Waals surface area contributed by atoms with Gasteiger partial charge in [-0.2, -0.15) is 0 Å². The van der Waals surface area contributed by atoms with Crippen molar-refractivity contribution in [2.45, 2.75) is 32.4 Å². The van der Waals surface area contributed by atoms with Crippen LogP contribution in [0.5, 0.6) is 5.75 Å². The van der Waals surface area contributed by atoms with Gasteiger partial charge in [-0.15, -0.1) is 0 Å². The second-order valence-electron chi connectivity index (χ2n) is 5.93. The molecule has 7 heteroatoms. The number of carbonyl (C=O) groups is 2.